The van der Waals surface area contributed by atoms with Crippen LogP contribution in [0.15, 0.2) is 64.8 Å². The SMILES string of the molecule is COc1ccc(/C=C2\Oc3c(ccc(OC(=O)c4cc5ccccc5o4)c3C)C2=O)c(OC)c1OC. The van der Waals surface area contributed by atoms with Crippen LogP contribution in [0.5, 0.6) is 28.7 Å². The van der Waals surface area contributed by atoms with Crippen molar-refractivity contribution in [2.24, 2.45) is 0 Å². The van der Waals surface area contributed by atoms with Crippen LogP contribution in [0, 0.1) is 6.92 Å². The number of hydrogen-bond donors (Lipinski definition) is 0. The van der Waals surface area contributed by atoms with Crippen molar-refractivity contribution in [3.8, 4) is 28.7 Å². The van der Waals surface area contributed by atoms with Crippen molar-refractivity contribution in [1.29, 1.82) is 0 Å². The van der Waals surface area contributed by atoms with Gasteiger partial charge in [-0.25, -0.2) is 4.79 Å². The maximum atomic E-state index is 13.1. The topological polar surface area (TPSA) is 93.4 Å². The Labute approximate surface area is 206 Å². The zero-order valence-corrected chi connectivity index (χ0v) is 20.0. The number of ether oxygens (including phenoxy) is 5. The molecule has 0 radical (unpaired) electrons. The van der Waals surface area contributed by atoms with Gasteiger partial charge in [0.2, 0.25) is 17.3 Å². The normalized spacial score (nSPS) is 13.4. The van der Waals surface area contributed by atoms with Gasteiger partial charge in [-0.3, -0.25) is 4.79 Å². The molecule has 3 aromatic carbocycles. The fraction of sp³-hybridized carbons (Fsp3) is 0.143. The Hall–Kier alpha value is -4.72. The van der Waals surface area contributed by atoms with Crippen LogP contribution in [-0.4, -0.2) is 33.1 Å². The lowest BCUT2D eigenvalue weighted by molar-refractivity contribution is 0.0702. The van der Waals surface area contributed by atoms with Gasteiger partial charge in [-0.15, -0.1) is 0 Å². The predicted octanol–water partition coefficient (Wildman–Crippen LogP) is 5.60. The minimum atomic E-state index is -0.649. The molecule has 0 aliphatic carbocycles. The Morgan fingerprint density at radius 2 is 1.64 bits per heavy atom. The van der Waals surface area contributed by atoms with Crippen LogP contribution in [-0.2, 0) is 0 Å². The van der Waals surface area contributed by atoms with Gasteiger partial charge in [-0.2, -0.15) is 0 Å². The molecule has 2 heterocycles. The molecule has 5 rings (SSSR count). The molecule has 0 fully saturated rings. The van der Waals surface area contributed by atoms with Crippen molar-refractivity contribution in [1.82, 2.24) is 0 Å². The summed E-state index contributed by atoms with van der Waals surface area (Å²) in [6.45, 7) is 1.72. The lowest BCUT2D eigenvalue weighted by atomic mass is 10.1. The predicted molar refractivity (Wildman–Crippen MR) is 131 cm³/mol. The number of benzene rings is 3. The molecule has 0 atom stereocenters. The van der Waals surface area contributed by atoms with Crippen molar-refractivity contribution in [3.63, 3.8) is 0 Å². The van der Waals surface area contributed by atoms with E-state index in [1.807, 2.05) is 18.2 Å². The minimum absolute atomic E-state index is 0.0780. The number of rotatable bonds is 6. The summed E-state index contributed by atoms with van der Waals surface area (Å²) in [7, 11) is 4.52. The Morgan fingerprint density at radius 1 is 0.889 bits per heavy atom. The van der Waals surface area contributed by atoms with Gasteiger partial charge in [0, 0.05) is 16.5 Å². The number of methoxy groups -OCH3 is 3. The number of para-hydroxylation sites is 1. The molecule has 0 saturated heterocycles. The van der Waals surface area contributed by atoms with E-state index in [0.29, 0.717) is 45.3 Å². The second kappa shape index (κ2) is 9.14. The molecule has 0 N–H and O–H groups in total. The Morgan fingerprint density at radius 3 is 2.36 bits per heavy atom. The molecule has 0 unspecified atom stereocenters. The van der Waals surface area contributed by atoms with Crippen molar-refractivity contribution in [2.45, 2.75) is 6.92 Å². The minimum Gasteiger partial charge on any atom is -0.493 e. The lowest BCUT2D eigenvalue weighted by Gasteiger charge is -2.14. The number of carbonyl (C=O) groups is 2. The third-order valence-electron chi connectivity index (χ3n) is 5.89. The molecule has 0 amide bonds. The number of hydrogen-bond acceptors (Lipinski definition) is 8. The van der Waals surface area contributed by atoms with Gasteiger partial charge < -0.3 is 28.1 Å². The van der Waals surface area contributed by atoms with E-state index in [1.165, 1.54) is 21.3 Å². The number of ketones is 1. The maximum Gasteiger partial charge on any atom is 0.379 e. The number of fused-ring (bicyclic) bond motifs is 2. The Kier molecular flexibility index (Phi) is 5.85. The second-order valence-electron chi connectivity index (χ2n) is 7.97. The fourth-order valence-electron chi connectivity index (χ4n) is 4.09. The van der Waals surface area contributed by atoms with Crippen molar-refractivity contribution >= 4 is 28.8 Å². The van der Waals surface area contributed by atoms with Gasteiger partial charge >= 0.3 is 5.97 Å². The fourth-order valence-corrected chi connectivity index (χ4v) is 4.09. The van der Waals surface area contributed by atoms with E-state index in [9.17, 15) is 9.59 Å². The van der Waals surface area contributed by atoms with Crippen LogP contribution < -0.4 is 23.7 Å². The van der Waals surface area contributed by atoms with E-state index in [1.54, 1.807) is 49.4 Å². The Balaban J connectivity index is 1.44. The zero-order valence-electron chi connectivity index (χ0n) is 20.0. The molecule has 36 heavy (non-hydrogen) atoms. The highest BCUT2D eigenvalue weighted by molar-refractivity contribution is 6.15. The maximum absolute atomic E-state index is 13.1. The average Bonchev–Trinajstić information content (AvgIpc) is 3.47. The first-order valence-electron chi connectivity index (χ1n) is 11.0. The van der Waals surface area contributed by atoms with Crippen molar-refractivity contribution in [2.75, 3.05) is 21.3 Å². The first kappa shape index (κ1) is 23.0. The number of carbonyl (C=O) groups excluding carboxylic acids is 2. The standard InChI is InChI=1S/C28H22O8/c1-15-19(36-28(30)23-13-16-7-5-6-8-20(16)34-23)12-10-18-24(29)22(35-25(15)18)14-17-9-11-21(31-2)27(33-4)26(17)32-3/h5-14H,1-4H3/b22-14-. The molecule has 1 aliphatic rings. The summed E-state index contributed by atoms with van der Waals surface area (Å²) in [6, 6.07) is 15.5. The van der Waals surface area contributed by atoms with Gasteiger partial charge in [0.15, 0.2) is 17.3 Å². The highest BCUT2D eigenvalue weighted by atomic mass is 16.6. The number of furan rings is 1. The molecule has 0 saturated carbocycles. The van der Waals surface area contributed by atoms with E-state index in [0.717, 1.165) is 5.39 Å². The monoisotopic (exact) mass is 486 g/mol. The summed E-state index contributed by atoms with van der Waals surface area (Å²) in [5.74, 6) is 1.09. The molecule has 8 nitrogen and oxygen atoms in total. The zero-order chi connectivity index (χ0) is 25.4. The highest BCUT2D eigenvalue weighted by Crippen LogP contribution is 2.43. The Bertz CT molecular complexity index is 1510. The van der Waals surface area contributed by atoms with Crippen LogP contribution in [0.1, 0.15) is 32.0 Å². The number of Topliss-reactive ketones (excluding diaryl/α,β-unsaturated/α-hetero) is 1. The first-order valence-corrected chi connectivity index (χ1v) is 11.0. The van der Waals surface area contributed by atoms with Gasteiger partial charge in [0.25, 0.3) is 0 Å². The third-order valence-corrected chi connectivity index (χ3v) is 5.89. The molecule has 182 valence electrons. The van der Waals surface area contributed by atoms with Gasteiger partial charge in [-0.05, 0) is 49.4 Å². The number of allylic oxidation sites excluding steroid dienone is 1. The van der Waals surface area contributed by atoms with Crippen molar-refractivity contribution in [3.05, 3.63) is 82.8 Å². The van der Waals surface area contributed by atoms with Crippen LogP contribution in [0.3, 0.4) is 0 Å². The average molecular weight is 486 g/mol. The van der Waals surface area contributed by atoms with Crippen LogP contribution in [0.2, 0.25) is 0 Å². The van der Waals surface area contributed by atoms with E-state index < -0.39 is 5.97 Å². The van der Waals surface area contributed by atoms with Crippen LogP contribution >= 0.6 is 0 Å². The summed E-state index contributed by atoms with van der Waals surface area (Å²) < 4.78 is 33.3. The summed E-state index contributed by atoms with van der Waals surface area (Å²) in [5, 5.41) is 0.796. The molecule has 0 spiro atoms. The summed E-state index contributed by atoms with van der Waals surface area (Å²) >= 11 is 0. The van der Waals surface area contributed by atoms with Crippen LogP contribution in [0.4, 0.5) is 0 Å². The van der Waals surface area contributed by atoms with Crippen molar-refractivity contribution < 1.29 is 37.7 Å². The van der Waals surface area contributed by atoms with E-state index >= 15 is 0 Å². The second-order valence-corrected chi connectivity index (χ2v) is 7.97. The smallest absolute Gasteiger partial charge is 0.379 e. The summed E-state index contributed by atoms with van der Waals surface area (Å²) in [4.78, 5) is 25.8. The molecule has 1 aromatic heterocycles. The van der Waals surface area contributed by atoms with E-state index in [-0.39, 0.29) is 23.1 Å². The quantitative estimate of drug-likeness (QED) is 0.197. The molecular weight excluding hydrogens is 464 g/mol. The third kappa shape index (κ3) is 3.82. The van der Waals surface area contributed by atoms with Crippen LogP contribution in [0.25, 0.3) is 17.0 Å². The van der Waals surface area contributed by atoms with Gasteiger partial charge in [0.05, 0.1) is 26.9 Å². The van der Waals surface area contributed by atoms with Gasteiger partial charge in [-0.1, -0.05) is 18.2 Å². The van der Waals surface area contributed by atoms with Gasteiger partial charge in [0.1, 0.15) is 17.1 Å². The molecule has 0 bridgehead atoms. The summed E-state index contributed by atoms with van der Waals surface area (Å²) in [5.41, 5.74) is 2.03. The van der Waals surface area contributed by atoms with E-state index in [4.69, 9.17) is 28.1 Å². The first-order chi connectivity index (χ1) is 17.4. The molecule has 4 aromatic rings. The molecule has 1 aliphatic heterocycles. The molecule has 8 heteroatoms. The number of esters is 1. The largest absolute Gasteiger partial charge is 0.493 e. The van der Waals surface area contributed by atoms with E-state index in [2.05, 4.69) is 0 Å². The highest BCUT2D eigenvalue weighted by Gasteiger charge is 2.31. The lowest BCUT2D eigenvalue weighted by Crippen LogP contribution is -2.08. The molecular formula is C28H22O8. The summed E-state index contributed by atoms with van der Waals surface area (Å²) in [6.07, 6.45) is 1.57.